The molecule has 0 spiro atoms. The average molecular weight is 139 g/mol. The van der Waals surface area contributed by atoms with Gasteiger partial charge in [0.25, 0.3) is 0 Å². The molecule has 2 saturated heterocycles. The van der Waals surface area contributed by atoms with Crippen LogP contribution in [0.1, 0.15) is 26.7 Å². The Labute approximate surface area is 63.2 Å². The third kappa shape index (κ3) is 0.731. The van der Waals surface area contributed by atoms with E-state index in [1.807, 2.05) is 0 Å². The second-order valence-electron chi connectivity index (χ2n) is 4.42. The van der Waals surface area contributed by atoms with Gasteiger partial charge in [-0.15, -0.1) is 0 Å². The lowest BCUT2D eigenvalue weighted by molar-refractivity contribution is -0.0275. The van der Waals surface area contributed by atoms with Crippen LogP contribution in [0.25, 0.3) is 0 Å². The van der Waals surface area contributed by atoms with Crippen LogP contribution < -0.4 is 5.32 Å². The molecule has 0 unspecified atom stereocenters. The molecular formula is C9H17N. The monoisotopic (exact) mass is 139 g/mol. The molecule has 2 heterocycles. The maximum atomic E-state index is 3.51. The van der Waals surface area contributed by atoms with Crippen molar-refractivity contribution in [2.24, 2.45) is 17.3 Å². The highest BCUT2D eigenvalue weighted by molar-refractivity contribution is 5.01. The first-order valence-corrected chi connectivity index (χ1v) is 4.44. The van der Waals surface area contributed by atoms with E-state index in [0.717, 1.165) is 11.8 Å². The van der Waals surface area contributed by atoms with Crippen molar-refractivity contribution >= 4 is 0 Å². The van der Waals surface area contributed by atoms with Crippen molar-refractivity contribution in [1.82, 2.24) is 5.32 Å². The summed E-state index contributed by atoms with van der Waals surface area (Å²) < 4.78 is 0. The van der Waals surface area contributed by atoms with Crippen molar-refractivity contribution in [3.8, 4) is 0 Å². The van der Waals surface area contributed by atoms with Crippen LogP contribution in [0.5, 0.6) is 0 Å². The molecule has 1 aliphatic carbocycles. The Hall–Kier alpha value is -0.0400. The highest BCUT2D eigenvalue weighted by Crippen LogP contribution is 2.52. The van der Waals surface area contributed by atoms with E-state index in [1.54, 1.807) is 0 Å². The predicted octanol–water partition coefficient (Wildman–Crippen LogP) is 1.64. The smallest absolute Gasteiger partial charge is 0.00106 e. The van der Waals surface area contributed by atoms with Gasteiger partial charge in [0.2, 0.25) is 0 Å². The third-order valence-electron chi connectivity index (χ3n) is 3.53. The topological polar surface area (TPSA) is 12.0 Å². The molecule has 1 saturated carbocycles. The summed E-state index contributed by atoms with van der Waals surface area (Å²) in [5, 5.41) is 3.51. The normalized spacial score (nSPS) is 45.3. The van der Waals surface area contributed by atoms with Gasteiger partial charge in [-0.3, -0.25) is 0 Å². The van der Waals surface area contributed by atoms with Crippen LogP contribution in [0.2, 0.25) is 0 Å². The number of piperidine rings is 2. The molecule has 2 aliphatic heterocycles. The zero-order chi connectivity index (χ0) is 7.19. The van der Waals surface area contributed by atoms with Crippen LogP contribution in [-0.2, 0) is 0 Å². The maximum Gasteiger partial charge on any atom is 0.00106 e. The quantitative estimate of drug-likeness (QED) is 0.582. The Morgan fingerprint density at radius 2 is 2.10 bits per heavy atom. The molecule has 1 heteroatoms. The van der Waals surface area contributed by atoms with Crippen molar-refractivity contribution in [1.29, 1.82) is 0 Å². The molecule has 0 aromatic heterocycles. The molecule has 3 aliphatic rings. The van der Waals surface area contributed by atoms with Crippen molar-refractivity contribution in [2.75, 3.05) is 13.1 Å². The summed E-state index contributed by atoms with van der Waals surface area (Å²) in [6.07, 6.45) is 3.00. The fourth-order valence-corrected chi connectivity index (χ4v) is 2.58. The summed E-state index contributed by atoms with van der Waals surface area (Å²) in [5.41, 5.74) is 0.711. The van der Waals surface area contributed by atoms with E-state index in [2.05, 4.69) is 19.2 Å². The minimum absolute atomic E-state index is 0.711. The molecule has 1 nitrogen and oxygen atoms in total. The molecule has 3 fully saturated rings. The Bertz CT molecular complexity index is 128. The van der Waals surface area contributed by atoms with Gasteiger partial charge in [0.1, 0.15) is 0 Å². The van der Waals surface area contributed by atoms with Gasteiger partial charge in [-0.25, -0.2) is 0 Å². The molecule has 2 bridgehead atoms. The summed E-state index contributed by atoms with van der Waals surface area (Å²) in [6, 6.07) is 0. The van der Waals surface area contributed by atoms with E-state index in [1.165, 1.54) is 25.9 Å². The van der Waals surface area contributed by atoms with E-state index >= 15 is 0 Å². The first-order valence-electron chi connectivity index (χ1n) is 4.44. The van der Waals surface area contributed by atoms with Gasteiger partial charge in [0.05, 0.1) is 0 Å². The lowest BCUT2D eigenvalue weighted by atomic mass is 9.54. The second kappa shape index (κ2) is 1.97. The van der Waals surface area contributed by atoms with E-state index in [0.29, 0.717) is 5.41 Å². The van der Waals surface area contributed by atoms with Gasteiger partial charge in [0, 0.05) is 6.54 Å². The second-order valence-corrected chi connectivity index (χ2v) is 4.42. The van der Waals surface area contributed by atoms with E-state index < -0.39 is 0 Å². The summed E-state index contributed by atoms with van der Waals surface area (Å²) in [5.74, 6) is 1.91. The van der Waals surface area contributed by atoms with Gasteiger partial charge in [-0.05, 0) is 36.6 Å². The molecule has 0 amide bonds. The van der Waals surface area contributed by atoms with Gasteiger partial charge < -0.3 is 5.32 Å². The lowest BCUT2D eigenvalue weighted by Crippen LogP contribution is -2.57. The van der Waals surface area contributed by atoms with Crippen molar-refractivity contribution in [3.05, 3.63) is 0 Å². The number of hydrogen-bond acceptors (Lipinski definition) is 1. The third-order valence-corrected chi connectivity index (χ3v) is 3.53. The summed E-state index contributed by atoms with van der Waals surface area (Å²) in [6.45, 7) is 7.29. The Balaban J connectivity index is 2.05. The number of rotatable bonds is 1. The molecule has 1 N–H and O–H groups in total. The molecular weight excluding hydrogens is 122 g/mol. The van der Waals surface area contributed by atoms with Crippen LogP contribution in [0.3, 0.4) is 0 Å². The van der Waals surface area contributed by atoms with E-state index in [-0.39, 0.29) is 0 Å². The van der Waals surface area contributed by atoms with Crippen molar-refractivity contribution < 1.29 is 0 Å². The largest absolute Gasteiger partial charge is 0.316 e. The molecule has 10 heavy (non-hydrogen) atoms. The van der Waals surface area contributed by atoms with Crippen LogP contribution in [0.4, 0.5) is 0 Å². The first-order chi connectivity index (χ1) is 4.73. The number of nitrogens with one attached hydrogen (secondary N) is 1. The van der Waals surface area contributed by atoms with Crippen LogP contribution in [0, 0.1) is 17.3 Å². The molecule has 0 aromatic carbocycles. The van der Waals surface area contributed by atoms with Crippen molar-refractivity contribution in [2.45, 2.75) is 26.7 Å². The summed E-state index contributed by atoms with van der Waals surface area (Å²) in [4.78, 5) is 0. The molecule has 0 radical (unpaired) electrons. The minimum atomic E-state index is 0.711. The summed E-state index contributed by atoms with van der Waals surface area (Å²) >= 11 is 0. The SMILES string of the molecule is CC(C)C12CNCC(C1)C2. The Kier molecular flexibility index (Phi) is 1.31. The number of hydrogen-bond donors (Lipinski definition) is 1. The fourth-order valence-electron chi connectivity index (χ4n) is 2.58. The highest BCUT2D eigenvalue weighted by Gasteiger charge is 2.48. The molecule has 58 valence electrons. The molecule has 0 aromatic rings. The van der Waals surface area contributed by atoms with Gasteiger partial charge >= 0.3 is 0 Å². The first kappa shape index (κ1) is 6.66. The minimum Gasteiger partial charge on any atom is -0.316 e. The zero-order valence-electron chi connectivity index (χ0n) is 6.98. The average Bonchev–Trinajstić information content (AvgIpc) is 1.87. The van der Waals surface area contributed by atoms with Crippen LogP contribution in [-0.4, -0.2) is 13.1 Å². The Morgan fingerprint density at radius 3 is 2.40 bits per heavy atom. The molecule has 0 atom stereocenters. The summed E-state index contributed by atoms with van der Waals surface area (Å²) in [7, 11) is 0. The predicted molar refractivity (Wildman–Crippen MR) is 42.9 cm³/mol. The molecule has 3 rings (SSSR count). The van der Waals surface area contributed by atoms with E-state index in [9.17, 15) is 0 Å². The Morgan fingerprint density at radius 1 is 1.40 bits per heavy atom. The van der Waals surface area contributed by atoms with Crippen LogP contribution in [0.15, 0.2) is 0 Å². The number of fused-ring (bicyclic) bond motifs is 2. The van der Waals surface area contributed by atoms with Gasteiger partial charge in [-0.1, -0.05) is 13.8 Å². The zero-order valence-corrected chi connectivity index (χ0v) is 6.98. The lowest BCUT2D eigenvalue weighted by Gasteiger charge is -2.55. The van der Waals surface area contributed by atoms with Crippen molar-refractivity contribution in [3.63, 3.8) is 0 Å². The maximum absolute atomic E-state index is 3.51. The van der Waals surface area contributed by atoms with E-state index in [4.69, 9.17) is 0 Å². The highest BCUT2D eigenvalue weighted by atomic mass is 14.9. The van der Waals surface area contributed by atoms with Gasteiger partial charge in [-0.2, -0.15) is 0 Å². The van der Waals surface area contributed by atoms with Gasteiger partial charge in [0.15, 0.2) is 0 Å². The van der Waals surface area contributed by atoms with Crippen LogP contribution >= 0.6 is 0 Å². The fraction of sp³-hybridized carbons (Fsp3) is 1.00. The standard InChI is InChI=1S/C9H17N/c1-7(2)9-3-8(4-9)5-10-6-9/h7-8,10H,3-6H2,1-2H3.